The third kappa shape index (κ3) is 19.7. The van der Waals surface area contributed by atoms with E-state index in [9.17, 15) is 63.0 Å². The molecule has 1 rings (SSSR count). The first-order valence-electron chi connectivity index (χ1n) is 20.1. The lowest BCUT2D eigenvalue weighted by atomic mass is 9.99. The van der Waals surface area contributed by atoms with Crippen LogP contribution in [0.3, 0.4) is 0 Å². The third-order valence-electron chi connectivity index (χ3n) is 9.14. The molecular weight excluding hydrogens is 832 g/mol. The minimum Gasteiger partial charge on any atom is -0.481 e. The molecule has 25 heteroatoms. The summed E-state index contributed by atoms with van der Waals surface area (Å²) in [7, 11) is 0. The summed E-state index contributed by atoms with van der Waals surface area (Å²) in [4.78, 5) is 146. The number of carbonyl (C=O) groups is 11. The smallest absolute Gasteiger partial charge is 0.326 e. The Bertz CT molecular complexity index is 1800. The van der Waals surface area contributed by atoms with Crippen LogP contribution in [0.25, 0.3) is 0 Å². The lowest BCUT2D eigenvalue weighted by Gasteiger charge is -2.29. The van der Waals surface area contributed by atoms with E-state index >= 15 is 0 Å². The quantitative estimate of drug-likeness (QED) is 0.0397. The Morgan fingerprint density at radius 1 is 0.619 bits per heavy atom. The predicted molar refractivity (Wildman–Crippen MR) is 221 cm³/mol. The zero-order valence-electron chi connectivity index (χ0n) is 36.5. The van der Waals surface area contributed by atoms with Crippen LogP contribution in [0.1, 0.15) is 80.3 Å². The topological polar surface area (TPSA) is 405 Å². The summed E-state index contributed by atoms with van der Waals surface area (Å²) in [5, 5.41) is 37.7. The van der Waals surface area contributed by atoms with E-state index in [0.717, 1.165) is 0 Å². The molecule has 8 atom stereocenters. The van der Waals surface area contributed by atoms with Crippen LogP contribution in [0, 0.1) is 17.8 Å². The number of aliphatic carboxylic acids is 2. The Morgan fingerprint density at radius 2 is 1.11 bits per heavy atom. The fourth-order valence-electron chi connectivity index (χ4n) is 5.68. The number of carboxylic acid groups (broad SMARTS) is 2. The molecule has 0 bridgehead atoms. The number of aromatic nitrogens is 2. The van der Waals surface area contributed by atoms with Crippen LogP contribution in [0.2, 0.25) is 0 Å². The highest BCUT2D eigenvalue weighted by molar-refractivity contribution is 5.99. The summed E-state index contributed by atoms with van der Waals surface area (Å²) in [6, 6.07) is -11.1. The number of aromatic amines is 1. The van der Waals surface area contributed by atoms with Crippen LogP contribution >= 0.6 is 0 Å². The van der Waals surface area contributed by atoms with Crippen molar-refractivity contribution in [2.75, 3.05) is 6.54 Å². The number of hydrogen-bond acceptors (Lipinski definition) is 13. The number of carbonyl (C=O) groups excluding carboxylic acids is 9. The maximum Gasteiger partial charge on any atom is 0.326 e. The zero-order valence-corrected chi connectivity index (χ0v) is 36.5. The number of imidazole rings is 1. The molecular formula is C38H62N12O13. The highest BCUT2D eigenvalue weighted by atomic mass is 16.4. The highest BCUT2D eigenvalue weighted by Gasteiger charge is 2.36. The van der Waals surface area contributed by atoms with E-state index in [-0.39, 0.29) is 18.8 Å². The van der Waals surface area contributed by atoms with Crippen LogP contribution in [-0.2, 0) is 59.2 Å². The monoisotopic (exact) mass is 894 g/mol. The predicted octanol–water partition coefficient (Wildman–Crippen LogP) is -4.38. The Morgan fingerprint density at radius 3 is 1.59 bits per heavy atom. The van der Waals surface area contributed by atoms with Crippen molar-refractivity contribution >= 4 is 65.1 Å². The highest BCUT2D eigenvalue weighted by Crippen LogP contribution is 2.10. The Labute approximate surface area is 363 Å². The molecule has 0 aromatic carbocycles. The van der Waals surface area contributed by atoms with Gasteiger partial charge in [0.2, 0.25) is 53.2 Å². The van der Waals surface area contributed by atoms with E-state index < -0.39 is 145 Å². The van der Waals surface area contributed by atoms with Gasteiger partial charge in [-0.1, -0.05) is 41.5 Å². The summed E-state index contributed by atoms with van der Waals surface area (Å²) in [5.74, 6) is -12.7. The number of hydrogen-bond donors (Lipinski definition) is 13. The van der Waals surface area contributed by atoms with Crippen molar-refractivity contribution in [3.05, 3.63) is 18.2 Å². The van der Waals surface area contributed by atoms with Gasteiger partial charge in [-0.15, -0.1) is 0 Å². The van der Waals surface area contributed by atoms with E-state index in [2.05, 4.69) is 52.5 Å². The van der Waals surface area contributed by atoms with Gasteiger partial charge in [0.05, 0.1) is 31.8 Å². The molecule has 0 aliphatic rings. The molecule has 0 saturated heterocycles. The summed E-state index contributed by atoms with van der Waals surface area (Å²) >= 11 is 0. The number of H-pyrrole nitrogens is 1. The molecule has 0 radical (unpaired) electrons. The third-order valence-corrected chi connectivity index (χ3v) is 9.14. The number of primary amides is 1. The maximum atomic E-state index is 13.6. The second-order valence-electron chi connectivity index (χ2n) is 16.0. The molecule has 25 nitrogen and oxygen atoms in total. The Balaban J connectivity index is 2.97. The van der Waals surface area contributed by atoms with Crippen LogP contribution < -0.4 is 54.0 Å². The standard InChI is InChI=1S/C38H62N12O13/c1-16(2)9-25(38(62)63)48-35(59)24(12-28(53)54)46-34(58)23(11-26(40)51)47-36(60)29(17(3)4)50-37(61)30(18(5)6)49-32(56)20(8)44-27(52)14-42-31(55)19(7)45-33(57)22(39)10-21-13-41-15-43-21/h13,15-20,22-25,29-30H,9-12,14,39H2,1-8H3,(H2,40,51)(H,41,43)(H,42,55)(H,44,52)(H,45,57)(H,46,58)(H,47,60)(H,48,59)(H,49,56)(H,50,61)(H,53,54)(H,62,63). The van der Waals surface area contributed by atoms with Gasteiger partial charge in [0.15, 0.2) is 0 Å². The van der Waals surface area contributed by atoms with Gasteiger partial charge in [0, 0.05) is 18.3 Å². The first-order chi connectivity index (χ1) is 29.2. The largest absolute Gasteiger partial charge is 0.481 e. The average Bonchev–Trinajstić information content (AvgIpc) is 3.68. The van der Waals surface area contributed by atoms with Gasteiger partial charge in [-0.05, 0) is 38.0 Å². The lowest BCUT2D eigenvalue weighted by Crippen LogP contribution is -2.61. The second-order valence-corrected chi connectivity index (χ2v) is 16.0. The van der Waals surface area contributed by atoms with Gasteiger partial charge in [-0.2, -0.15) is 0 Å². The number of nitrogens with zero attached hydrogens (tertiary/aromatic N) is 1. The molecule has 1 aromatic rings. The second kappa shape index (κ2) is 26.0. The summed E-state index contributed by atoms with van der Waals surface area (Å²) in [5.41, 5.74) is 11.8. The van der Waals surface area contributed by atoms with Crippen molar-refractivity contribution in [1.82, 2.24) is 52.5 Å². The van der Waals surface area contributed by atoms with Gasteiger partial charge in [0.25, 0.3) is 0 Å². The molecule has 0 spiro atoms. The number of nitrogens with two attached hydrogens (primary N) is 2. The fraction of sp³-hybridized carbons (Fsp3) is 0.632. The fourth-order valence-corrected chi connectivity index (χ4v) is 5.68. The number of carboxylic acids is 2. The first kappa shape index (κ1) is 54.4. The van der Waals surface area contributed by atoms with Crippen LogP contribution in [0.5, 0.6) is 0 Å². The summed E-state index contributed by atoms with van der Waals surface area (Å²) < 4.78 is 0. The molecule has 0 fully saturated rings. The van der Waals surface area contributed by atoms with E-state index in [0.29, 0.717) is 5.69 Å². The summed E-state index contributed by atoms with van der Waals surface area (Å²) in [6.45, 7) is 11.7. The molecule has 0 aliphatic carbocycles. The molecule has 1 heterocycles. The molecule has 15 N–H and O–H groups in total. The van der Waals surface area contributed by atoms with Crippen molar-refractivity contribution in [2.45, 2.75) is 129 Å². The zero-order chi connectivity index (χ0) is 48.3. The van der Waals surface area contributed by atoms with Crippen LogP contribution in [0.15, 0.2) is 12.5 Å². The number of nitrogens with one attached hydrogen (secondary N) is 9. The lowest BCUT2D eigenvalue weighted by molar-refractivity contribution is -0.144. The number of amides is 9. The van der Waals surface area contributed by atoms with Gasteiger partial charge < -0.3 is 69.2 Å². The molecule has 9 amide bonds. The molecule has 8 unspecified atom stereocenters. The van der Waals surface area contributed by atoms with E-state index in [1.165, 1.54) is 40.2 Å². The Kier molecular flexibility index (Phi) is 22.4. The molecule has 352 valence electrons. The van der Waals surface area contributed by atoms with Gasteiger partial charge in [-0.3, -0.25) is 47.9 Å². The van der Waals surface area contributed by atoms with Crippen molar-refractivity contribution < 1.29 is 63.0 Å². The average molecular weight is 895 g/mol. The minimum absolute atomic E-state index is 0.0228. The molecule has 0 saturated carbocycles. The van der Waals surface area contributed by atoms with Crippen LogP contribution in [0.4, 0.5) is 0 Å². The summed E-state index contributed by atoms with van der Waals surface area (Å²) in [6.07, 6.45) is 1.20. The molecule has 63 heavy (non-hydrogen) atoms. The van der Waals surface area contributed by atoms with Crippen molar-refractivity contribution in [1.29, 1.82) is 0 Å². The van der Waals surface area contributed by atoms with E-state index in [1.54, 1.807) is 27.7 Å². The van der Waals surface area contributed by atoms with Gasteiger partial charge in [0.1, 0.15) is 42.3 Å². The van der Waals surface area contributed by atoms with Crippen LogP contribution in [-0.4, -0.2) is 140 Å². The normalized spacial score (nSPS) is 14.9. The van der Waals surface area contributed by atoms with Gasteiger partial charge in [-0.25, -0.2) is 9.78 Å². The molecule has 0 aliphatic heterocycles. The van der Waals surface area contributed by atoms with Crippen molar-refractivity contribution in [3.8, 4) is 0 Å². The van der Waals surface area contributed by atoms with Gasteiger partial charge >= 0.3 is 11.9 Å². The van der Waals surface area contributed by atoms with E-state index in [4.69, 9.17) is 11.5 Å². The Hall–Kier alpha value is -6.66. The van der Waals surface area contributed by atoms with Crippen molar-refractivity contribution in [2.24, 2.45) is 29.2 Å². The SMILES string of the molecule is CC(C)CC(NC(=O)C(CC(=O)O)NC(=O)C(CC(N)=O)NC(=O)C(NC(=O)C(NC(=O)C(C)NC(=O)CNC(=O)C(C)NC(=O)C(N)Cc1cnc[nH]1)C(C)C)C(C)C)C(=O)O. The number of rotatable bonds is 27. The molecule has 1 aromatic heterocycles. The maximum absolute atomic E-state index is 13.6. The minimum atomic E-state index is -1.84. The van der Waals surface area contributed by atoms with E-state index in [1.807, 2.05) is 0 Å². The van der Waals surface area contributed by atoms with Crippen molar-refractivity contribution in [3.63, 3.8) is 0 Å². The first-order valence-corrected chi connectivity index (χ1v) is 20.1.